The van der Waals surface area contributed by atoms with Gasteiger partial charge in [-0.15, -0.1) is 6.58 Å². The van der Waals surface area contributed by atoms with Gasteiger partial charge in [-0.25, -0.2) is 0 Å². The molecule has 3 nitrogen and oxygen atoms in total. The van der Waals surface area contributed by atoms with Crippen molar-refractivity contribution in [3.8, 4) is 0 Å². The lowest BCUT2D eigenvalue weighted by Gasteiger charge is -2.27. The topological polar surface area (TPSA) is 60.7 Å². The third-order valence-corrected chi connectivity index (χ3v) is 6.09. The van der Waals surface area contributed by atoms with Crippen LogP contribution in [0.2, 0.25) is 0 Å². The first-order valence-corrected chi connectivity index (χ1v) is 10.9. The van der Waals surface area contributed by atoms with Crippen LogP contribution in [0.1, 0.15) is 78.1 Å². The maximum absolute atomic E-state index is 9.99. The van der Waals surface area contributed by atoms with Gasteiger partial charge in [-0.1, -0.05) is 69.9 Å². The number of rotatable bonds is 14. The zero-order valence-electron chi connectivity index (χ0n) is 17.5. The molecule has 0 saturated heterocycles. The molecule has 3 unspecified atom stereocenters. The van der Waals surface area contributed by atoms with Gasteiger partial charge in [-0.2, -0.15) is 0 Å². The summed E-state index contributed by atoms with van der Waals surface area (Å²) in [6.07, 6.45) is 20.7. The van der Waals surface area contributed by atoms with Crippen LogP contribution < -0.4 is 0 Å². The standard InChI is InChI=1S/C24H42O3/c1-4-6-12-20(3)13-10-15-22-17-11-16-21(22)14-8-7-9-18-23(26)24(27,5-2)19-25/h5,7-8,10,15,20-23,25-27H,2,4,6,9,11-14,16-19H2,1,3H3/b8-7-,15-10+/t20?,21-,22-,23?,24?/m0/s1. The van der Waals surface area contributed by atoms with Gasteiger partial charge in [0.25, 0.3) is 0 Å². The molecule has 0 radical (unpaired) electrons. The molecule has 1 saturated carbocycles. The molecule has 1 aliphatic rings. The summed E-state index contributed by atoms with van der Waals surface area (Å²) in [5.41, 5.74) is -1.59. The molecule has 0 bridgehead atoms. The van der Waals surface area contributed by atoms with Crippen molar-refractivity contribution in [2.75, 3.05) is 6.61 Å². The van der Waals surface area contributed by atoms with Crippen LogP contribution in [0.3, 0.4) is 0 Å². The third-order valence-electron chi connectivity index (χ3n) is 6.09. The highest BCUT2D eigenvalue weighted by Crippen LogP contribution is 2.35. The maximum atomic E-state index is 9.99. The number of hydrogen-bond donors (Lipinski definition) is 3. The van der Waals surface area contributed by atoms with Gasteiger partial charge in [0.05, 0.1) is 12.7 Å². The minimum atomic E-state index is -1.59. The minimum absolute atomic E-state index is 0.420. The highest BCUT2D eigenvalue weighted by Gasteiger charge is 2.30. The molecule has 1 fully saturated rings. The van der Waals surface area contributed by atoms with Crippen molar-refractivity contribution in [3.63, 3.8) is 0 Å². The van der Waals surface area contributed by atoms with Gasteiger partial charge >= 0.3 is 0 Å². The summed E-state index contributed by atoms with van der Waals surface area (Å²) in [7, 11) is 0. The van der Waals surface area contributed by atoms with Crippen LogP contribution in [0.25, 0.3) is 0 Å². The van der Waals surface area contributed by atoms with Crippen LogP contribution >= 0.6 is 0 Å². The largest absolute Gasteiger partial charge is 0.393 e. The summed E-state index contributed by atoms with van der Waals surface area (Å²) < 4.78 is 0. The van der Waals surface area contributed by atoms with Crippen LogP contribution in [-0.4, -0.2) is 33.6 Å². The van der Waals surface area contributed by atoms with E-state index in [0.29, 0.717) is 18.8 Å². The number of unbranched alkanes of at least 4 members (excludes halogenated alkanes) is 1. The van der Waals surface area contributed by atoms with E-state index in [4.69, 9.17) is 0 Å². The zero-order chi connectivity index (χ0) is 20.1. The Morgan fingerprint density at radius 3 is 2.63 bits per heavy atom. The summed E-state index contributed by atoms with van der Waals surface area (Å²) in [6, 6.07) is 0. The molecular formula is C24H42O3. The molecular weight excluding hydrogens is 336 g/mol. The molecule has 3 N–H and O–H groups in total. The average Bonchev–Trinajstić information content (AvgIpc) is 3.12. The summed E-state index contributed by atoms with van der Waals surface area (Å²) >= 11 is 0. The molecule has 5 atom stereocenters. The van der Waals surface area contributed by atoms with Gasteiger partial charge in [0.15, 0.2) is 0 Å². The monoisotopic (exact) mass is 378 g/mol. The van der Waals surface area contributed by atoms with E-state index in [1.807, 2.05) is 0 Å². The first-order valence-electron chi connectivity index (χ1n) is 10.9. The second-order valence-electron chi connectivity index (χ2n) is 8.42. The Morgan fingerprint density at radius 2 is 1.96 bits per heavy atom. The van der Waals surface area contributed by atoms with Crippen molar-refractivity contribution in [3.05, 3.63) is 37.0 Å². The van der Waals surface area contributed by atoms with Crippen molar-refractivity contribution in [2.24, 2.45) is 17.8 Å². The van der Waals surface area contributed by atoms with E-state index >= 15 is 0 Å². The molecule has 0 heterocycles. The van der Waals surface area contributed by atoms with Crippen LogP contribution in [0.15, 0.2) is 37.0 Å². The number of aliphatic hydroxyl groups excluding tert-OH is 2. The molecule has 0 aromatic carbocycles. The first kappa shape index (κ1) is 24.1. The molecule has 0 aromatic heterocycles. The van der Waals surface area contributed by atoms with Gasteiger partial charge < -0.3 is 15.3 Å². The van der Waals surface area contributed by atoms with Gasteiger partial charge in [-0.3, -0.25) is 0 Å². The van der Waals surface area contributed by atoms with E-state index in [9.17, 15) is 15.3 Å². The first-order chi connectivity index (χ1) is 13.0. The van der Waals surface area contributed by atoms with Gasteiger partial charge in [-0.05, 0) is 56.3 Å². The Kier molecular flexibility index (Phi) is 11.9. The Balaban J connectivity index is 2.32. The second kappa shape index (κ2) is 13.3. The van der Waals surface area contributed by atoms with Gasteiger partial charge in [0.2, 0.25) is 0 Å². The lowest BCUT2D eigenvalue weighted by atomic mass is 9.90. The van der Waals surface area contributed by atoms with Crippen molar-refractivity contribution >= 4 is 0 Å². The second-order valence-corrected chi connectivity index (χ2v) is 8.42. The normalized spacial score (nSPS) is 25.1. The third kappa shape index (κ3) is 8.76. The fraction of sp³-hybridized carbons (Fsp3) is 0.750. The van der Waals surface area contributed by atoms with Crippen molar-refractivity contribution < 1.29 is 15.3 Å². The number of aliphatic hydroxyl groups is 3. The summed E-state index contributed by atoms with van der Waals surface area (Å²) in [5.74, 6) is 2.23. The fourth-order valence-corrected chi connectivity index (χ4v) is 3.97. The van der Waals surface area contributed by atoms with Crippen molar-refractivity contribution in [2.45, 2.75) is 89.8 Å². The molecule has 156 valence electrons. The van der Waals surface area contributed by atoms with E-state index in [1.54, 1.807) is 0 Å². The van der Waals surface area contributed by atoms with Crippen LogP contribution in [-0.2, 0) is 0 Å². The average molecular weight is 379 g/mol. The Labute approximate surface area is 166 Å². The van der Waals surface area contributed by atoms with E-state index in [2.05, 4.69) is 44.7 Å². The van der Waals surface area contributed by atoms with Crippen LogP contribution in [0, 0.1) is 17.8 Å². The Hall–Kier alpha value is -0.900. The fourth-order valence-electron chi connectivity index (χ4n) is 3.97. The SMILES string of the molecule is C=CC(O)(CO)C(O)CC/C=C\C[C@H]1CCC[C@@H]1/C=C/CC(C)CCCC. The molecule has 3 heteroatoms. The Bertz CT molecular complexity index is 457. The van der Waals surface area contributed by atoms with Crippen LogP contribution in [0.4, 0.5) is 0 Å². The summed E-state index contributed by atoms with van der Waals surface area (Å²) in [6.45, 7) is 7.59. The molecule has 0 amide bonds. The van der Waals surface area contributed by atoms with E-state index in [0.717, 1.165) is 18.3 Å². The van der Waals surface area contributed by atoms with Gasteiger partial charge in [0, 0.05) is 0 Å². The molecule has 0 spiro atoms. The minimum Gasteiger partial charge on any atom is -0.393 e. The summed E-state index contributed by atoms with van der Waals surface area (Å²) in [4.78, 5) is 0. The molecule has 27 heavy (non-hydrogen) atoms. The highest BCUT2D eigenvalue weighted by molar-refractivity contribution is 5.02. The predicted octanol–water partition coefficient (Wildman–Crippen LogP) is 5.17. The van der Waals surface area contributed by atoms with E-state index < -0.39 is 18.3 Å². The predicted molar refractivity (Wildman–Crippen MR) is 115 cm³/mol. The highest BCUT2D eigenvalue weighted by atomic mass is 16.4. The quantitative estimate of drug-likeness (QED) is 0.365. The maximum Gasteiger partial charge on any atom is 0.131 e. The molecule has 0 aromatic rings. The smallest absolute Gasteiger partial charge is 0.131 e. The van der Waals surface area contributed by atoms with E-state index in [1.165, 1.54) is 51.0 Å². The molecule has 1 aliphatic carbocycles. The van der Waals surface area contributed by atoms with Gasteiger partial charge in [0.1, 0.15) is 5.60 Å². The molecule has 1 rings (SSSR count). The van der Waals surface area contributed by atoms with Crippen LogP contribution in [0.5, 0.6) is 0 Å². The zero-order valence-corrected chi connectivity index (χ0v) is 17.5. The molecule has 0 aliphatic heterocycles. The van der Waals surface area contributed by atoms with Crippen molar-refractivity contribution in [1.82, 2.24) is 0 Å². The lowest BCUT2D eigenvalue weighted by Crippen LogP contribution is -2.43. The van der Waals surface area contributed by atoms with Crippen molar-refractivity contribution in [1.29, 1.82) is 0 Å². The summed E-state index contributed by atoms with van der Waals surface area (Å²) in [5, 5.41) is 29.1. The lowest BCUT2D eigenvalue weighted by molar-refractivity contribution is -0.0731. The number of allylic oxidation sites excluding steroid dienone is 4. The Morgan fingerprint density at radius 1 is 1.19 bits per heavy atom. The van der Waals surface area contributed by atoms with E-state index in [-0.39, 0.29) is 0 Å². The number of hydrogen-bond acceptors (Lipinski definition) is 3.